The number of benzene rings is 1. The summed E-state index contributed by atoms with van der Waals surface area (Å²) in [5, 5.41) is 3.16. The number of hydrogen-bond acceptors (Lipinski definition) is 9. The van der Waals surface area contributed by atoms with Crippen LogP contribution in [0, 0.1) is 5.92 Å². The molecule has 1 unspecified atom stereocenters. The van der Waals surface area contributed by atoms with Gasteiger partial charge in [0.2, 0.25) is 0 Å². The van der Waals surface area contributed by atoms with E-state index >= 15 is 0 Å². The van der Waals surface area contributed by atoms with E-state index in [0.717, 1.165) is 25.1 Å². The molecule has 3 N–H and O–H groups in total. The molecule has 1 aliphatic heterocycles. The van der Waals surface area contributed by atoms with E-state index in [2.05, 4.69) is 15.3 Å². The van der Waals surface area contributed by atoms with Crippen LogP contribution in [0.3, 0.4) is 0 Å². The molecular formula is C21H27N5O4. The van der Waals surface area contributed by atoms with Crippen molar-refractivity contribution in [2.45, 2.75) is 26.7 Å². The van der Waals surface area contributed by atoms with Gasteiger partial charge in [0.1, 0.15) is 12.0 Å². The highest BCUT2D eigenvalue weighted by atomic mass is 16.5. The smallest absolute Gasteiger partial charge is 0.338 e. The van der Waals surface area contributed by atoms with Gasteiger partial charge in [0, 0.05) is 18.8 Å². The van der Waals surface area contributed by atoms with Crippen LogP contribution in [-0.4, -0.2) is 48.2 Å². The summed E-state index contributed by atoms with van der Waals surface area (Å²) in [6.07, 6.45) is 3.08. The largest absolute Gasteiger partial charge is 0.466 e. The molecule has 1 fully saturated rings. The van der Waals surface area contributed by atoms with Crippen LogP contribution in [0.15, 0.2) is 30.6 Å². The number of carbonyl (C=O) groups excluding carboxylic acids is 2. The van der Waals surface area contributed by atoms with E-state index < -0.39 is 0 Å². The monoisotopic (exact) mass is 413 g/mol. The maximum absolute atomic E-state index is 12.1. The van der Waals surface area contributed by atoms with Crippen LogP contribution in [0.5, 0.6) is 0 Å². The summed E-state index contributed by atoms with van der Waals surface area (Å²) in [6, 6.07) is 6.86. The molecule has 0 saturated carbocycles. The Labute approximate surface area is 175 Å². The van der Waals surface area contributed by atoms with Crippen molar-refractivity contribution >= 4 is 34.9 Å². The first-order valence-corrected chi connectivity index (χ1v) is 10.1. The number of hydrogen-bond donors (Lipinski definition) is 2. The van der Waals surface area contributed by atoms with Crippen LogP contribution >= 0.6 is 0 Å². The number of nitrogens with one attached hydrogen (secondary N) is 1. The van der Waals surface area contributed by atoms with Crippen LogP contribution in [0.1, 0.15) is 37.0 Å². The minimum Gasteiger partial charge on any atom is -0.466 e. The summed E-state index contributed by atoms with van der Waals surface area (Å²) >= 11 is 0. The average Bonchev–Trinajstić information content (AvgIpc) is 2.76. The van der Waals surface area contributed by atoms with Gasteiger partial charge in [0.25, 0.3) is 0 Å². The number of nitrogens with zero attached hydrogens (tertiary/aromatic N) is 3. The highest BCUT2D eigenvalue weighted by Crippen LogP contribution is 2.31. The third-order valence-corrected chi connectivity index (χ3v) is 4.86. The molecule has 160 valence electrons. The van der Waals surface area contributed by atoms with E-state index in [1.807, 2.05) is 4.90 Å². The molecule has 1 saturated heterocycles. The van der Waals surface area contributed by atoms with Crippen molar-refractivity contribution in [3.63, 3.8) is 0 Å². The highest BCUT2D eigenvalue weighted by Gasteiger charge is 2.29. The maximum atomic E-state index is 12.1. The number of esters is 2. The standard InChI is InChI=1S/C21H27N5O4/c1-3-29-20(27)14-7-9-16(10-8-14)25-18-17(22)19(24-13-23-18)26-11-5-6-15(12-26)21(28)30-4-2/h7-10,13,15H,3-6,11-12,22H2,1-2H3,(H,23,24,25). The first kappa shape index (κ1) is 21.4. The second-order valence-electron chi connectivity index (χ2n) is 6.92. The van der Waals surface area contributed by atoms with Gasteiger partial charge in [0.05, 0.1) is 24.7 Å². The number of ether oxygens (including phenoxy) is 2. The van der Waals surface area contributed by atoms with Gasteiger partial charge in [-0.25, -0.2) is 14.8 Å². The predicted molar refractivity (Wildman–Crippen MR) is 114 cm³/mol. The molecule has 1 aromatic heterocycles. The third-order valence-electron chi connectivity index (χ3n) is 4.86. The fourth-order valence-electron chi connectivity index (χ4n) is 3.40. The lowest BCUT2D eigenvalue weighted by atomic mass is 9.98. The van der Waals surface area contributed by atoms with Crippen molar-refractivity contribution in [3.05, 3.63) is 36.2 Å². The molecule has 9 nitrogen and oxygen atoms in total. The Kier molecular flexibility index (Phi) is 7.05. The number of carbonyl (C=O) groups is 2. The SMILES string of the molecule is CCOC(=O)c1ccc(Nc2ncnc(N3CCCC(C(=O)OCC)C3)c2N)cc1. The minimum absolute atomic E-state index is 0.185. The average molecular weight is 413 g/mol. The Morgan fingerprint density at radius 1 is 1.17 bits per heavy atom. The van der Waals surface area contributed by atoms with Crippen molar-refractivity contribution in [3.8, 4) is 0 Å². The summed E-state index contributed by atoms with van der Waals surface area (Å²) in [5.41, 5.74) is 7.93. The van der Waals surface area contributed by atoms with E-state index in [-0.39, 0.29) is 17.9 Å². The summed E-state index contributed by atoms with van der Waals surface area (Å²) in [4.78, 5) is 34.5. The summed E-state index contributed by atoms with van der Waals surface area (Å²) in [6.45, 7) is 5.53. The first-order chi connectivity index (χ1) is 14.5. The van der Waals surface area contributed by atoms with Gasteiger partial charge >= 0.3 is 11.9 Å². The number of anilines is 4. The summed E-state index contributed by atoms with van der Waals surface area (Å²) in [5.74, 6) is 0.302. The normalized spacial score (nSPS) is 16.1. The Balaban J connectivity index is 1.73. The fourth-order valence-corrected chi connectivity index (χ4v) is 3.40. The van der Waals surface area contributed by atoms with Crippen LogP contribution in [-0.2, 0) is 14.3 Å². The first-order valence-electron chi connectivity index (χ1n) is 10.1. The highest BCUT2D eigenvalue weighted by molar-refractivity contribution is 5.90. The molecule has 2 aromatic rings. The van der Waals surface area contributed by atoms with Crippen molar-refractivity contribution in [1.29, 1.82) is 0 Å². The number of nitrogens with two attached hydrogens (primary N) is 1. The van der Waals surface area contributed by atoms with Gasteiger partial charge in [-0.3, -0.25) is 4.79 Å². The van der Waals surface area contributed by atoms with Crippen LogP contribution in [0.25, 0.3) is 0 Å². The van der Waals surface area contributed by atoms with Gasteiger partial charge in [-0.1, -0.05) is 0 Å². The quantitative estimate of drug-likeness (QED) is 0.660. The number of nitrogen functional groups attached to an aromatic ring is 1. The van der Waals surface area contributed by atoms with Crippen molar-refractivity contribution in [2.75, 3.05) is 42.3 Å². The molecule has 0 bridgehead atoms. The Bertz CT molecular complexity index is 887. The van der Waals surface area contributed by atoms with Crippen molar-refractivity contribution < 1.29 is 19.1 Å². The molecule has 0 radical (unpaired) electrons. The lowest BCUT2D eigenvalue weighted by Crippen LogP contribution is -2.40. The second-order valence-corrected chi connectivity index (χ2v) is 6.92. The Morgan fingerprint density at radius 3 is 2.60 bits per heavy atom. The second kappa shape index (κ2) is 9.91. The molecule has 9 heteroatoms. The number of aromatic nitrogens is 2. The molecule has 0 amide bonds. The molecule has 3 rings (SSSR count). The zero-order chi connectivity index (χ0) is 21.5. The van der Waals surface area contributed by atoms with Crippen LogP contribution in [0.2, 0.25) is 0 Å². The van der Waals surface area contributed by atoms with Crippen molar-refractivity contribution in [2.24, 2.45) is 5.92 Å². The number of rotatable bonds is 7. The predicted octanol–water partition coefficient (Wildman–Crippen LogP) is 2.76. The topological polar surface area (TPSA) is 120 Å². The molecule has 1 atom stereocenters. The molecule has 1 aromatic carbocycles. The Morgan fingerprint density at radius 2 is 1.90 bits per heavy atom. The van der Waals surface area contributed by atoms with E-state index in [1.165, 1.54) is 6.33 Å². The molecule has 30 heavy (non-hydrogen) atoms. The van der Waals surface area contributed by atoms with Gasteiger partial charge in [0.15, 0.2) is 11.6 Å². The van der Waals surface area contributed by atoms with Gasteiger partial charge in [-0.05, 0) is 51.0 Å². The maximum Gasteiger partial charge on any atom is 0.338 e. The van der Waals surface area contributed by atoms with Crippen LogP contribution in [0.4, 0.5) is 23.0 Å². The third kappa shape index (κ3) is 4.97. The van der Waals surface area contributed by atoms with Crippen molar-refractivity contribution in [1.82, 2.24) is 9.97 Å². The lowest BCUT2D eigenvalue weighted by Gasteiger charge is -2.33. The minimum atomic E-state index is -0.367. The number of piperidine rings is 1. The zero-order valence-corrected chi connectivity index (χ0v) is 17.3. The summed E-state index contributed by atoms with van der Waals surface area (Å²) < 4.78 is 10.2. The van der Waals surface area contributed by atoms with E-state index in [1.54, 1.807) is 38.1 Å². The Hall–Kier alpha value is -3.36. The van der Waals surface area contributed by atoms with Gasteiger partial charge in [-0.15, -0.1) is 0 Å². The summed E-state index contributed by atoms with van der Waals surface area (Å²) in [7, 11) is 0. The molecular weight excluding hydrogens is 386 g/mol. The van der Waals surface area contributed by atoms with Crippen LogP contribution < -0.4 is 16.0 Å². The van der Waals surface area contributed by atoms with Gasteiger partial charge in [-0.2, -0.15) is 0 Å². The molecule has 2 heterocycles. The molecule has 1 aliphatic rings. The van der Waals surface area contributed by atoms with Gasteiger partial charge < -0.3 is 25.4 Å². The zero-order valence-electron chi connectivity index (χ0n) is 17.3. The molecule has 0 aliphatic carbocycles. The molecule has 0 spiro atoms. The van der Waals surface area contributed by atoms with E-state index in [9.17, 15) is 9.59 Å². The van der Waals surface area contributed by atoms with E-state index in [0.29, 0.717) is 42.6 Å². The lowest BCUT2D eigenvalue weighted by molar-refractivity contribution is -0.148. The fraction of sp³-hybridized carbons (Fsp3) is 0.429. The van der Waals surface area contributed by atoms with E-state index in [4.69, 9.17) is 15.2 Å².